The fourth-order valence-electron chi connectivity index (χ4n) is 6.65. The Morgan fingerprint density at radius 3 is 1.36 bits per heavy atom. The van der Waals surface area contributed by atoms with Crippen LogP contribution >= 0.6 is 12.4 Å². The molecule has 3 aromatic carbocycles. The molecule has 3 aliphatic carbocycles. The van der Waals surface area contributed by atoms with Crippen molar-refractivity contribution in [3.8, 4) is 17.2 Å². The Labute approximate surface area is 378 Å². The van der Waals surface area contributed by atoms with E-state index in [1.165, 1.54) is 48.5 Å². The number of phenols is 1. The Morgan fingerprint density at radius 2 is 1.00 bits per heavy atom. The third-order valence-corrected chi connectivity index (χ3v) is 9.77. The summed E-state index contributed by atoms with van der Waals surface area (Å²) >= 11 is 0. The van der Waals surface area contributed by atoms with E-state index in [1.807, 2.05) is 0 Å². The van der Waals surface area contributed by atoms with Gasteiger partial charge in [0.05, 0.1) is 6.61 Å². The molecule has 6 unspecified atom stereocenters. The number of nitrogens with two attached hydrogens (primary N) is 1. The third-order valence-electron chi connectivity index (χ3n) is 9.77. The molecule has 0 bridgehead atoms. The molecular formula is C46H64ClF6N3O8. The summed E-state index contributed by atoms with van der Waals surface area (Å²) in [6.45, 7) is 10.2. The van der Waals surface area contributed by atoms with Crippen molar-refractivity contribution < 1.29 is 65.1 Å². The molecule has 0 aromatic heterocycles. The Bertz CT molecular complexity index is 1900. The Kier molecular flexibility index (Phi) is 22.9. The highest BCUT2D eigenvalue weighted by molar-refractivity contribution is 5.85. The van der Waals surface area contributed by atoms with Crippen molar-refractivity contribution >= 4 is 24.6 Å². The summed E-state index contributed by atoms with van der Waals surface area (Å²) in [4.78, 5) is 23.1. The molecule has 0 spiro atoms. The summed E-state index contributed by atoms with van der Waals surface area (Å²) in [5.41, 5.74) is 6.66. The number of hydrogen-bond acceptors (Lipinski definition) is 9. The zero-order valence-electron chi connectivity index (χ0n) is 37.2. The van der Waals surface area contributed by atoms with Crippen LogP contribution in [0.1, 0.15) is 95.2 Å². The number of phenolic OH excluding ortho intramolecular Hbond substituents is 1. The van der Waals surface area contributed by atoms with Crippen LogP contribution < -0.4 is 25.8 Å². The number of ether oxygens (including phenoxy) is 4. The van der Waals surface area contributed by atoms with Crippen molar-refractivity contribution in [2.75, 3.05) is 59.5 Å². The van der Waals surface area contributed by atoms with Gasteiger partial charge in [-0.25, -0.2) is 35.9 Å². The van der Waals surface area contributed by atoms with Gasteiger partial charge >= 0.3 is 12.2 Å². The molecule has 0 heterocycles. The van der Waals surface area contributed by atoms with E-state index in [0.717, 1.165) is 30.4 Å². The molecule has 2 amide bonds. The average Bonchev–Trinajstić information content (AvgIpc) is 4.11. The van der Waals surface area contributed by atoms with Gasteiger partial charge in [0.1, 0.15) is 79.1 Å². The van der Waals surface area contributed by atoms with Crippen LogP contribution in [0, 0.1) is 35.2 Å². The molecule has 11 nitrogen and oxygen atoms in total. The Hall–Kier alpha value is -4.61. The van der Waals surface area contributed by atoms with Gasteiger partial charge in [-0.15, -0.1) is 12.4 Å². The first kappa shape index (κ1) is 55.5. The number of aliphatic hydroxyl groups excluding tert-OH is 1. The molecule has 18 heteroatoms. The van der Waals surface area contributed by atoms with Gasteiger partial charge in [-0.2, -0.15) is 0 Å². The molecular weight excluding hydrogens is 872 g/mol. The maximum absolute atomic E-state index is 13.5. The lowest BCUT2D eigenvalue weighted by atomic mass is 10.1. The summed E-state index contributed by atoms with van der Waals surface area (Å²) in [5, 5.41) is 22.6. The molecule has 3 aromatic rings. The van der Waals surface area contributed by atoms with Gasteiger partial charge in [0.15, 0.2) is 0 Å². The van der Waals surface area contributed by atoms with Gasteiger partial charge in [0.2, 0.25) is 0 Å². The van der Waals surface area contributed by atoms with Gasteiger partial charge in [-0.05, 0) is 157 Å². The highest BCUT2D eigenvalue weighted by Crippen LogP contribution is 2.51. The van der Waals surface area contributed by atoms with E-state index in [9.17, 15) is 41.0 Å². The van der Waals surface area contributed by atoms with E-state index < -0.39 is 43.4 Å². The highest BCUT2D eigenvalue weighted by atomic mass is 35.5. The van der Waals surface area contributed by atoms with Crippen LogP contribution in [0.2, 0.25) is 0 Å². The number of aliphatic hydroxyl groups is 1. The minimum atomic E-state index is -0.625. The summed E-state index contributed by atoms with van der Waals surface area (Å²) in [5.74, 6) is 1.52. The monoisotopic (exact) mass is 935 g/mol. The Morgan fingerprint density at radius 1 is 0.641 bits per heavy atom. The molecule has 0 saturated heterocycles. The van der Waals surface area contributed by atoms with Crippen LogP contribution in [-0.4, -0.2) is 93.1 Å². The predicted octanol–water partition coefficient (Wildman–Crippen LogP) is 9.57. The van der Waals surface area contributed by atoms with Crippen LogP contribution in [0.5, 0.6) is 17.2 Å². The summed E-state index contributed by atoms with van der Waals surface area (Å²) in [6.07, 6.45) is 1.70. The average molecular weight is 936 g/mol. The van der Waals surface area contributed by atoms with Crippen LogP contribution in [0.4, 0.5) is 35.9 Å². The molecule has 0 aliphatic heterocycles. The first-order valence-corrected chi connectivity index (χ1v) is 21.0. The van der Waals surface area contributed by atoms with E-state index in [1.54, 1.807) is 47.6 Å². The number of alkyl carbamates (subject to hydrolysis) is 2. The molecule has 0 radical (unpaired) electrons. The maximum Gasteiger partial charge on any atom is 0.407 e. The normalized spacial score (nSPS) is 20.2. The predicted molar refractivity (Wildman–Crippen MR) is 234 cm³/mol. The second-order valence-corrected chi connectivity index (χ2v) is 17.4. The van der Waals surface area contributed by atoms with Crippen molar-refractivity contribution in [2.24, 2.45) is 23.5 Å². The van der Waals surface area contributed by atoms with E-state index in [4.69, 9.17) is 29.8 Å². The smallest absolute Gasteiger partial charge is 0.407 e. The SMILES string of the molecule is CC(C)(C)OC(=O)NCC1CC1c1cc(F)ccc1O.CC(C)(C)OC(=O)NCC1CC1c1cc(F)ccc1OCCF.Cl.NCC1CC1c1cc(F)ccc1OCCF.OCCF. The van der Waals surface area contributed by atoms with Gasteiger partial charge in [-0.3, -0.25) is 0 Å². The van der Waals surface area contributed by atoms with Crippen molar-refractivity contribution in [2.45, 2.75) is 89.8 Å². The van der Waals surface area contributed by atoms with Crippen molar-refractivity contribution in [3.63, 3.8) is 0 Å². The maximum atomic E-state index is 13.5. The molecule has 64 heavy (non-hydrogen) atoms. The second kappa shape index (κ2) is 26.4. The zero-order valence-corrected chi connectivity index (χ0v) is 38.1. The van der Waals surface area contributed by atoms with E-state index in [0.29, 0.717) is 42.6 Å². The van der Waals surface area contributed by atoms with Crippen molar-refractivity contribution in [3.05, 3.63) is 88.7 Å². The summed E-state index contributed by atoms with van der Waals surface area (Å²) in [7, 11) is 0. The fourth-order valence-corrected chi connectivity index (χ4v) is 6.65. The zero-order chi connectivity index (χ0) is 46.9. The van der Waals surface area contributed by atoms with Crippen LogP contribution in [-0.2, 0) is 9.47 Å². The quantitative estimate of drug-likeness (QED) is 0.0935. The molecule has 6 rings (SSSR count). The molecule has 3 fully saturated rings. The van der Waals surface area contributed by atoms with Crippen LogP contribution in [0.25, 0.3) is 0 Å². The van der Waals surface area contributed by atoms with E-state index in [-0.39, 0.29) is 85.0 Å². The number of nitrogens with one attached hydrogen (secondary N) is 2. The first-order chi connectivity index (χ1) is 29.7. The van der Waals surface area contributed by atoms with Crippen molar-refractivity contribution in [1.82, 2.24) is 10.6 Å². The molecule has 6 atom stereocenters. The van der Waals surface area contributed by atoms with Crippen LogP contribution in [0.15, 0.2) is 54.6 Å². The minimum Gasteiger partial charge on any atom is -0.508 e. The molecule has 3 saturated carbocycles. The van der Waals surface area contributed by atoms with Gasteiger partial charge in [0.25, 0.3) is 0 Å². The molecule has 6 N–H and O–H groups in total. The number of carbonyl (C=O) groups excluding carboxylic acids is 2. The van der Waals surface area contributed by atoms with Gasteiger partial charge in [0, 0.05) is 29.8 Å². The van der Waals surface area contributed by atoms with Gasteiger partial charge < -0.3 is 45.5 Å². The lowest BCUT2D eigenvalue weighted by Gasteiger charge is -2.19. The summed E-state index contributed by atoms with van der Waals surface area (Å²) < 4.78 is 95.4. The third kappa shape index (κ3) is 20.1. The van der Waals surface area contributed by atoms with Crippen molar-refractivity contribution in [1.29, 1.82) is 0 Å². The second-order valence-electron chi connectivity index (χ2n) is 17.4. The topological polar surface area (TPSA) is 162 Å². The minimum absolute atomic E-state index is 0. The number of benzene rings is 3. The molecule has 360 valence electrons. The standard InChI is InChI=1S/C17H23F2NO3.C15H20FNO3.C12H15F2NO.C2H5FO.ClH/c1-17(2,3)23-16(21)20-10-11-8-13(11)14-9-12(19)4-5-15(14)22-7-6-18;1-15(2,3)20-14(19)17-8-9-6-11(9)12-7-10(16)4-5-13(12)18;13-3-4-16-12-2-1-9(14)6-11(12)10-5-8(10)7-15;3-1-2-4;/h4-5,9,11,13H,6-8,10H2,1-3H3,(H,20,21);4-5,7,9,11,18H,6,8H2,1-3H3,(H,17,19);1-2,6,8,10H,3-5,7,15H2;4H,1-2H2;1H. The lowest BCUT2D eigenvalue weighted by Crippen LogP contribution is -2.33. The first-order valence-electron chi connectivity index (χ1n) is 21.0. The summed E-state index contributed by atoms with van der Waals surface area (Å²) in [6, 6.07) is 12.6. The number of hydrogen-bond donors (Lipinski definition) is 5. The lowest BCUT2D eigenvalue weighted by molar-refractivity contribution is 0.0513. The number of aromatic hydroxyl groups is 1. The largest absolute Gasteiger partial charge is 0.508 e. The van der Waals surface area contributed by atoms with Gasteiger partial charge in [-0.1, -0.05) is 0 Å². The number of rotatable bonds is 15. The fraction of sp³-hybridized carbons (Fsp3) is 0.565. The highest BCUT2D eigenvalue weighted by Gasteiger charge is 2.42. The number of carbonyl (C=O) groups is 2. The number of halogens is 7. The van der Waals surface area contributed by atoms with E-state index >= 15 is 0 Å². The number of alkyl halides is 3. The van der Waals surface area contributed by atoms with E-state index in [2.05, 4.69) is 10.6 Å². The van der Waals surface area contributed by atoms with Crippen LogP contribution in [0.3, 0.4) is 0 Å². The number of amides is 2. The Balaban J connectivity index is 0.000000318. The molecule has 3 aliphatic rings.